The minimum atomic E-state index is 0.597. The lowest BCUT2D eigenvalue weighted by molar-refractivity contribution is 0.189. The highest BCUT2D eigenvalue weighted by molar-refractivity contribution is 4.98. The second-order valence-corrected chi connectivity index (χ2v) is 10.3. The fourth-order valence-electron chi connectivity index (χ4n) is 5.32. The minimum absolute atomic E-state index is 0.597. The molecular weight excluding hydrogens is 328 g/mol. The SMILES string of the molecule is C=C(C(C)C)N1CCC(CCCC2CCCN(C(C)CC(C)C)CC2)CC1. The molecule has 0 saturated carbocycles. The summed E-state index contributed by atoms with van der Waals surface area (Å²) in [6, 6.07) is 0.773. The van der Waals surface area contributed by atoms with Gasteiger partial charge < -0.3 is 9.80 Å². The summed E-state index contributed by atoms with van der Waals surface area (Å²) in [7, 11) is 0. The van der Waals surface area contributed by atoms with Crippen molar-refractivity contribution in [3.05, 3.63) is 12.3 Å². The third kappa shape index (κ3) is 7.80. The Morgan fingerprint density at radius 2 is 1.44 bits per heavy atom. The zero-order valence-electron chi connectivity index (χ0n) is 19.2. The molecule has 2 heteroatoms. The molecule has 2 aliphatic rings. The smallest absolute Gasteiger partial charge is 0.0177 e. The van der Waals surface area contributed by atoms with E-state index in [2.05, 4.69) is 51.0 Å². The monoisotopic (exact) mass is 376 g/mol. The Morgan fingerprint density at radius 1 is 0.852 bits per heavy atom. The lowest BCUT2D eigenvalue weighted by atomic mass is 9.87. The molecule has 0 spiro atoms. The second kappa shape index (κ2) is 11.5. The number of piperidine rings is 1. The molecule has 0 aromatic heterocycles. The molecule has 0 aromatic rings. The summed E-state index contributed by atoms with van der Waals surface area (Å²) in [5.41, 5.74) is 1.35. The Balaban J connectivity index is 1.62. The molecular formula is C25H48N2. The van der Waals surface area contributed by atoms with Crippen molar-refractivity contribution in [2.75, 3.05) is 26.2 Å². The molecule has 2 aliphatic heterocycles. The first-order valence-corrected chi connectivity index (χ1v) is 12.0. The number of hydrogen-bond acceptors (Lipinski definition) is 2. The summed E-state index contributed by atoms with van der Waals surface area (Å²) in [5.74, 6) is 3.37. The van der Waals surface area contributed by atoms with Crippen molar-refractivity contribution >= 4 is 0 Å². The topological polar surface area (TPSA) is 6.48 Å². The summed E-state index contributed by atoms with van der Waals surface area (Å²) in [4.78, 5) is 5.32. The van der Waals surface area contributed by atoms with E-state index in [1.165, 1.54) is 89.7 Å². The molecule has 0 aromatic carbocycles. The van der Waals surface area contributed by atoms with E-state index in [9.17, 15) is 0 Å². The van der Waals surface area contributed by atoms with E-state index in [1.54, 1.807) is 0 Å². The van der Waals surface area contributed by atoms with Crippen LogP contribution in [0.2, 0.25) is 0 Å². The van der Waals surface area contributed by atoms with Gasteiger partial charge >= 0.3 is 0 Å². The van der Waals surface area contributed by atoms with E-state index >= 15 is 0 Å². The Morgan fingerprint density at radius 3 is 2.04 bits per heavy atom. The lowest BCUT2D eigenvalue weighted by Crippen LogP contribution is -2.35. The molecule has 27 heavy (non-hydrogen) atoms. The highest BCUT2D eigenvalue weighted by atomic mass is 15.1. The predicted octanol–water partition coefficient (Wildman–Crippen LogP) is 6.58. The van der Waals surface area contributed by atoms with Crippen LogP contribution in [0.15, 0.2) is 12.3 Å². The molecule has 2 heterocycles. The van der Waals surface area contributed by atoms with E-state index in [-0.39, 0.29) is 0 Å². The van der Waals surface area contributed by atoms with Crippen LogP contribution in [0.5, 0.6) is 0 Å². The van der Waals surface area contributed by atoms with Crippen LogP contribution in [0.3, 0.4) is 0 Å². The van der Waals surface area contributed by atoms with E-state index < -0.39 is 0 Å². The van der Waals surface area contributed by atoms with Gasteiger partial charge in [-0.25, -0.2) is 0 Å². The molecule has 0 N–H and O–H groups in total. The Labute approximate surface area is 170 Å². The third-order valence-corrected chi connectivity index (χ3v) is 7.23. The van der Waals surface area contributed by atoms with Crippen molar-refractivity contribution in [1.82, 2.24) is 9.80 Å². The molecule has 2 saturated heterocycles. The maximum absolute atomic E-state index is 4.29. The largest absolute Gasteiger partial charge is 0.375 e. The van der Waals surface area contributed by atoms with Gasteiger partial charge in [-0.2, -0.15) is 0 Å². The van der Waals surface area contributed by atoms with Crippen LogP contribution in [0.4, 0.5) is 0 Å². The van der Waals surface area contributed by atoms with Crippen LogP contribution in [-0.4, -0.2) is 42.0 Å². The minimum Gasteiger partial charge on any atom is -0.375 e. The summed E-state index contributed by atoms with van der Waals surface area (Å²) < 4.78 is 0. The molecule has 158 valence electrons. The van der Waals surface area contributed by atoms with E-state index in [0.29, 0.717) is 5.92 Å². The molecule has 2 rings (SSSR count). The first kappa shape index (κ1) is 22.8. The van der Waals surface area contributed by atoms with Crippen molar-refractivity contribution in [3.63, 3.8) is 0 Å². The average Bonchev–Trinajstić information content (AvgIpc) is 2.87. The van der Waals surface area contributed by atoms with Crippen LogP contribution in [0, 0.1) is 23.7 Å². The van der Waals surface area contributed by atoms with Crippen molar-refractivity contribution in [3.8, 4) is 0 Å². The van der Waals surface area contributed by atoms with Crippen molar-refractivity contribution in [2.24, 2.45) is 23.7 Å². The fraction of sp³-hybridized carbons (Fsp3) is 0.920. The Hall–Kier alpha value is -0.500. The normalized spacial score (nSPS) is 24.4. The predicted molar refractivity (Wildman–Crippen MR) is 120 cm³/mol. The average molecular weight is 377 g/mol. The zero-order chi connectivity index (χ0) is 19.8. The van der Waals surface area contributed by atoms with Gasteiger partial charge in [0.25, 0.3) is 0 Å². The quantitative estimate of drug-likeness (QED) is 0.448. The summed E-state index contributed by atoms with van der Waals surface area (Å²) in [6.07, 6.45) is 12.9. The molecule has 2 nitrogen and oxygen atoms in total. The van der Waals surface area contributed by atoms with Gasteiger partial charge in [-0.1, -0.05) is 53.5 Å². The van der Waals surface area contributed by atoms with E-state index in [1.807, 2.05) is 0 Å². The van der Waals surface area contributed by atoms with Gasteiger partial charge in [0.05, 0.1) is 0 Å². The molecule has 2 atom stereocenters. The molecule has 0 radical (unpaired) electrons. The van der Waals surface area contributed by atoms with Crippen molar-refractivity contribution in [1.29, 1.82) is 0 Å². The maximum atomic E-state index is 4.29. The first-order valence-electron chi connectivity index (χ1n) is 12.0. The second-order valence-electron chi connectivity index (χ2n) is 10.3. The lowest BCUT2D eigenvalue weighted by Gasteiger charge is -2.36. The fourth-order valence-corrected chi connectivity index (χ4v) is 5.32. The van der Waals surface area contributed by atoms with Gasteiger partial charge in [-0.3, -0.25) is 0 Å². The third-order valence-electron chi connectivity index (χ3n) is 7.23. The number of likely N-dealkylation sites (tertiary alicyclic amines) is 2. The summed E-state index contributed by atoms with van der Waals surface area (Å²) in [6.45, 7) is 21.2. The van der Waals surface area contributed by atoms with Gasteiger partial charge in [0.1, 0.15) is 0 Å². The molecule has 2 unspecified atom stereocenters. The molecule has 0 bridgehead atoms. The van der Waals surface area contributed by atoms with Crippen LogP contribution in [0.1, 0.15) is 92.4 Å². The summed E-state index contributed by atoms with van der Waals surface area (Å²) >= 11 is 0. The molecule has 2 fully saturated rings. The van der Waals surface area contributed by atoms with Gasteiger partial charge in [0.2, 0.25) is 0 Å². The Kier molecular flexibility index (Phi) is 9.70. The summed E-state index contributed by atoms with van der Waals surface area (Å²) in [5, 5.41) is 0. The van der Waals surface area contributed by atoms with Crippen molar-refractivity contribution < 1.29 is 0 Å². The number of nitrogens with zero attached hydrogens (tertiary/aromatic N) is 2. The number of allylic oxidation sites excluding steroid dienone is 1. The van der Waals surface area contributed by atoms with Crippen molar-refractivity contribution in [2.45, 2.75) is 98.4 Å². The zero-order valence-corrected chi connectivity index (χ0v) is 19.2. The van der Waals surface area contributed by atoms with Crippen LogP contribution in [0.25, 0.3) is 0 Å². The van der Waals surface area contributed by atoms with Crippen LogP contribution < -0.4 is 0 Å². The number of hydrogen-bond donors (Lipinski definition) is 0. The highest BCUT2D eigenvalue weighted by Crippen LogP contribution is 2.29. The molecule has 0 aliphatic carbocycles. The first-order chi connectivity index (χ1) is 12.9. The number of rotatable bonds is 9. The molecule has 0 amide bonds. The van der Waals surface area contributed by atoms with Gasteiger partial charge in [-0.15, -0.1) is 0 Å². The van der Waals surface area contributed by atoms with Gasteiger partial charge in [0.15, 0.2) is 0 Å². The van der Waals surface area contributed by atoms with Crippen LogP contribution in [-0.2, 0) is 0 Å². The van der Waals surface area contributed by atoms with E-state index in [0.717, 1.165) is 23.8 Å². The highest BCUT2D eigenvalue weighted by Gasteiger charge is 2.23. The Bertz CT molecular complexity index is 420. The van der Waals surface area contributed by atoms with Gasteiger partial charge in [-0.05, 0) is 82.2 Å². The van der Waals surface area contributed by atoms with E-state index in [4.69, 9.17) is 0 Å². The van der Waals surface area contributed by atoms with Gasteiger partial charge in [0, 0.05) is 24.8 Å². The van der Waals surface area contributed by atoms with Crippen LogP contribution >= 0.6 is 0 Å². The standard InChI is InChI=1S/C25H48N2/c1-20(2)19-22(5)26-15-8-11-24(12-16-26)9-7-10-25-13-17-27(18-14-25)23(6)21(3)4/h20-22,24-25H,6-19H2,1-5H3. The maximum Gasteiger partial charge on any atom is 0.0177 e.